The molecular formula is C15H23NO3S. The lowest BCUT2D eigenvalue weighted by atomic mass is 10.1. The summed E-state index contributed by atoms with van der Waals surface area (Å²) in [5.74, 6) is 0.484. The van der Waals surface area contributed by atoms with E-state index in [1.807, 2.05) is 19.9 Å². The van der Waals surface area contributed by atoms with Crippen LogP contribution in [0.1, 0.15) is 36.5 Å². The van der Waals surface area contributed by atoms with E-state index in [0.717, 1.165) is 24.0 Å². The molecule has 1 saturated carbocycles. The molecule has 0 bridgehead atoms. The summed E-state index contributed by atoms with van der Waals surface area (Å²) in [6.45, 7) is 5.50. The summed E-state index contributed by atoms with van der Waals surface area (Å²) in [7, 11) is -1.85. The first kappa shape index (κ1) is 15.5. The molecule has 5 heteroatoms. The zero-order valence-electron chi connectivity index (χ0n) is 12.5. The van der Waals surface area contributed by atoms with Crippen molar-refractivity contribution in [1.82, 2.24) is 4.31 Å². The molecule has 1 aliphatic rings. The lowest BCUT2D eigenvalue weighted by Crippen LogP contribution is -2.36. The van der Waals surface area contributed by atoms with Gasteiger partial charge in [0, 0.05) is 13.1 Å². The number of hydrogen-bond acceptors (Lipinski definition) is 3. The molecule has 0 aromatic heterocycles. The highest BCUT2D eigenvalue weighted by Crippen LogP contribution is 2.37. The van der Waals surface area contributed by atoms with Gasteiger partial charge in [0.2, 0.25) is 10.0 Å². The van der Waals surface area contributed by atoms with Crippen LogP contribution in [0.3, 0.4) is 0 Å². The first-order valence-electron chi connectivity index (χ1n) is 6.98. The Morgan fingerprint density at radius 2 is 1.90 bits per heavy atom. The fourth-order valence-corrected chi connectivity index (χ4v) is 4.25. The largest absolute Gasteiger partial charge is 0.392 e. The summed E-state index contributed by atoms with van der Waals surface area (Å²) in [5, 5.41) is 9.34. The van der Waals surface area contributed by atoms with E-state index in [0.29, 0.717) is 16.4 Å². The molecule has 0 radical (unpaired) electrons. The Labute approximate surface area is 121 Å². The minimum absolute atomic E-state index is 0.0262. The smallest absolute Gasteiger partial charge is 0.243 e. The fraction of sp³-hybridized carbons (Fsp3) is 0.600. The molecule has 2 rings (SSSR count). The quantitative estimate of drug-likeness (QED) is 0.906. The molecule has 1 unspecified atom stereocenters. The summed E-state index contributed by atoms with van der Waals surface area (Å²) < 4.78 is 27.0. The highest BCUT2D eigenvalue weighted by molar-refractivity contribution is 7.89. The van der Waals surface area contributed by atoms with E-state index in [1.54, 1.807) is 20.0 Å². The van der Waals surface area contributed by atoms with E-state index in [4.69, 9.17) is 0 Å². The Balaban J connectivity index is 2.42. The number of sulfonamides is 1. The maximum atomic E-state index is 12.8. The molecule has 1 N–H and O–H groups in total. The topological polar surface area (TPSA) is 57.6 Å². The Kier molecular flexibility index (Phi) is 4.23. The van der Waals surface area contributed by atoms with Crippen LogP contribution in [0.5, 0.6) is 0 Å². The molecule has 1 aromatic carbocycles. The number of aliphatic hydroxyl groups is 1. The van der Waals surface area contributed by atoms with E-state index < -0.39 is 10.0 Å². The van der Waals surface area contributed by atoms with Gasteiger partial charge in [0.05, 0.1) is 11.5 Å². The van der Waals surface area contributed by atoms with Crippen molar-refractivity contribution in [3.05, 3.63) is 28.8 Å². The molecule has 0 saturated heterocycles. The number of benzene rings is 1. The summed E-state index contributed by atoms with van der Waals surface area (Å²) in [5.41, 5.74) is 2.32. The van der Waals surface area contributed by atoms with Crippen molar-refractivity contribution in [3.63, 3.8) is 0 Å². The number of nitrogens with zero attached hydrogens (tertiary/aromatic N) is 1. The zero-order valence-corrected chi connectivity index (χ0v) is 13.4. The molecule has 0 spiro atoms. The predicted molar refractivity (Wildman–Crippen MR) is 79.0 cm³/mol. The summed E-state index contributed by atoms with van der Waals surface area (Å²) in [6, 6.07) is 3.46. The van der Waals surface area contributed by atoms with Gasteiger partial charge >= 0.3 is 0 Å². The van der Waals surface area contributed by atoms with Crippen molar-refractivity contribution in [2.75, 3.05) is 7.05 Å². The maximum absolute atomic E-state index is 12.8. The third-order valence-corrected chi connectivity index (χ3v) is 6.43. The van der Waals surface area contributed by atoms with Crippen LogP contribution in [0.4, 0.5) is 0 Å². The van der Waals surface area contributed by atoms with Crippen molar-refractivity contribution in [2.24, 2.45) is 5.92 Å². The molecule has 0 heterocycles. The maximum Gasteiger partial charge on any atom is 0.243 e. The molecular weight excluding hydrogens is 274 g/mol. The van der Waals surface area contributed by atoms with E-state index in [-0.39, 0.29) is 12.6 Å². The second-order valence-electron chi connectivity index (χ2n) is 5.80. The van der Waals surface area contributed by atoms with Crippen LogP contribution in [0.2, 0.25) is 0 Å². The lowest BCUT2D eigenvalue weighted by molar-refractivity contribution is 0.280. The standard InChI is InChI=1S/C15H23NO3S/c1-10-7-11(2)15(8-14(10)9-17)20(18,19)16(4)12(3)13-5-6-13/h7-8,12-13,17H,5-6,9H2,1-4H3. The van der Waals surface area contributed by atoms with Crippen LogP contribution in [0.15, 0.2) is 17.0 Å². The van der Waals surface area contributed by atoms with Crippen molar-refractivity contribution in [3.8, 4) is 0 Å². The predicted octanol–water partition coefficient (Wildman–Crippen LogP) is 2.21. The minimum Gasteiger partial charge on any atom is -0.392 e. The second kappa shape index (κ2) is 5.47. The van der Waals surface area contributed by atoms with Gasteiger partial charge < -0.3 is 5.11 Å². The van der Waals surface area contributed by atoms with Crippen molar-refractivity contribution < 1.29 is 13.5 Å². The second-order valence-corrected chi connectivity index (χ2v) is 7.77. The van der Waals surface area contributed by atoms with Gasteiger partial charge in [0.25, 0.3) is 0 Å². The summed E-state index contributed by atoms with van der Waals surface area (Å²) >= 11 is 0. The molecule has 20 heavy (non-hydrogen) atoms. The van der Waals surface area contributed by atoms with Crippen molar-refractivity contribution in [2.45, 2.75) is 51.2 Å². The molecule has 112 valence electrons. The number of rotatable bonds is 5. The SMILES string of the molecule is Cc1cc(C)c(S(=O)(=O)N(C)C(C)C2CC2)cc1CO. The van der Waals surface area contributed by atoms with Gasteiger partial charge in [-0.05, 0) is 62.3 Å². The van der Waals surface area contributed by atoms with Crippen LogP contribution < -0.4 is 0 Å². The van der Waals surface area contributed by atoms with Crippen LogP contribution in [0.25, 0.3) is 0 Å². The highest BCUT2D eigenvalue weighted by atomic mass is 32.2. The average molecular weight is 297 g/mol. The number of aliphatic hydroxyl groups excluding tert-OH is 1. The normalized spacial score (nSPS) is 17.5. The highest BCUT2D eigenvalue weighted by Gasteiger charge is 2.36. The van der Waals surface area contributed by atoms with Gasteiger partial charge in [-0.15, -0.1) is 0 Å². The molecule has 1 atom stereocenters. The van der Waals surface area contributed by atoms with E-state index in [1.165, 1.54) is 4.31 Å². The van der Waals surface area contributed by atoms with E-state index in [9.17, 15) is 13.5 Å². The lowest BCUT2D eigenvalue weighted by Gasteiger charge is -2.25. The first-order valence-corrected chi connectivity index (χ1v) is 8.42. The van der Waals surface area contributed by atoms with E-state index in [2.05, 4.69) is 0 Å². The van der Waals surface area contributed by atoms with Crippen LogP contribution in [-0.2, 0) is 16.6 Å². The molecule has 1 fully saturated rings. The van der Waals surface area contributed by atoms with Crippen LogP contribution in [0, 0.1) is 19.8 Å². The van der Waals surface area contributed by atoms with Gasteiger partial charge in [0.15, 0.2) is 0 Å². The van der Waals surface area contributed by atoms with Gasteiger partial charge in [-0.25, -0.2) is 8.42 Å². The Bertz CT molecular complexity index is 606. The van der Waals surface area contributed by atoms with Gasteiger partial charge in [0.1, 0.15) is 0 Å². The molecule has 0 aliphatic heterocycles. The summed E-state index contributed by atoms with van der Waals surface area (Å²) in [6.07, 6.45) is 2.21. The monoisotopic (exact) mass is 297 g/mol. The van der Waals surface area contributed by atoms with Crippen LogP contribution >= 0.6 is 0 Å². The van der Waals surface area contributed by atoms with Crippen molar-refractivity contribution in [1.29, 1.82) is 0 Å². The fourth-order valence-electron chi connectivity index (χ4n) is 2.57. The molecule has 1 aromatic rings. The van der Waals surface area contributed by atoms with Gasteiger partial charge in [-0.1, -0.05) is 6.07 Å². The molecule has 4 nitrogen and oxygen atoms in total. The average Bonchev–Trinajstić information content (AvgIpc) is 3.21. The summed E-state index contributed by atoms with van der Waals surface area (Å²) in [4.78, 5) is 0.308. The van der Waals surface area contributed by atoms with Crippen LogP contribution in [-0.4, -0.2) is 30.9 Å². The Morgan fingerprint density at radius 3 is 2.40 bits per heavy atom. The Morgan fingerprint density at radius 1 is 1.30 bits per heavy atom. The third-order valence-electron chi connectivity index (χ3n) is 4.34. The molecule has 0 amide bonds. The van der Waals surface area contributed by atoms with Gasteiger partial charge in [-0.2, -0.15) is 4.31 Å². The van der Waals surface area contributed by atoms with Gasteiger partial charge in [-0.3, -0.25) is 0 Å². The first-order chi connectivity index (χ1) is 9.28. The number of hydrogen-bond donors (Lipinski definition) is 1. The zero-order chi connectivity index (χ0) is 15.1. The Hall–Kier alpha value is -0.910. The minimum atomic E-state index is -3.50. The third kappa shape index (κ3) is 2.75. The van der Waals surface area contributed by atoms with Crippen molar-refractivity contribution >= 4 is 10.0 Å². The number of aryl methyl sites for hydroxylation is 2. The molecule has 1 aliphatic carbocycles. The van der Waals surface area contributed by atoms with E-state index >= 15 is 0 Å².